The Kier molecular flexibility index (Phi) is 15.0. The molecular formula is C42H41Cl2N5O9. The van der Waals surface area contributed by atoms with Crippen LogP contribution in [0.15, 0.2) is 103 Å². The number of aliphatic carboxylic acids is 1. The molecule has 2 heterocycles. The van der Waals surface area contributed by atoms with Gasteiger partial charge in [-0.15, -0.1) is 0 Å². The molecule has 0 saturated heterocycles. The molecule has 6 rings (SSSR count). The first-order chi connectivity index (χ1) is 27.7. The Bertz CT molecular complexity index is 2140. The highest BCUT2D eigenvalue weighted by molar-refractivity contribution is 6.35. The summed E-state index contributed by atoms with van der Waals surface area (Å²) in [6.45, 7) is 1.07. The highest BCUT2D eigenvalue weighted by atomic mass is 35.5. The van der Waals surface area contributed by atoms with Crippen LogP contribution in [0.25, 0.3) is 0 Å². The number of nitrogens with one attached hydrogen (secondary N) is 5. The van der Waals surface area contributed by atoms with Crippen LogP contribution in [0.1, 0.15) is 35.6 Å². The predicted molar refractivity (Wildman–Crippen MR) is 215 cm³/mol. The van der Waals surface area contributed by atoms with E-state index >= 15 is 0 Å². The normalized spacial score (nSPS) is 20.9. The van der Waals surface area contributed by atoms with Gasteiger partial charge in [0.2, 0.25) is 23.6 Å². The van der Waals surface area contributed by atoms with Gasteiger partial charge >= 0.3 is 11.9 Å². The number of carboxylic acids is 1. The van der Waals surface area contributed by atoms with Gasteiger partial charge in [-0.2, -0.15) is 0 Å². The number of hydrogen-bond donors (Lipinski definition) is 6. The van der Waals surface area contributed by atoms with Crippen molar-refractivity contribution in [3.05, 3.63) is 135 Å². The number of ether oxygens (including phenoxy) is 1. The van der Waals surface area contributed by atoms with Crippen LogP contribution in [0.2, 0.25) is 10.0 Å². The smallest absolute Gasteiger partial charge is 0.326 e. The lowest BCUT2D eigenvalue weighted by Gasteiger charge is -2.27. The van der Waals surface area contributed by atoms with Crippen LogP contribution >= 0.6 is 23.2 Å². The zero-order valence-electron chi connectivity index (χ0n) is 31.2. The molecule has 2 aliphatic rings. The lowest BCUT2D eigenvalue weighted by molar-refractivity contribution is -0.153. The number of rotatable bonds is 8. The SMILES string of the molecule is CC(=O)O[C@@H]1CC(=O)N[C@H](Cc2ccccc2)C(=O)N[C@@H](Cc2ccc(Cl)cc2Cl)C(=O)N[C@H](Cc2ccccc2)C(=O)N[C@@H](C(=O)O)Cc2ccc(cc2)NC1=O. The number of anilines is 1. The van der Waals surface area contributed by atoms with E-state index in [1.54, 1.807) is 72.8 Å². The molecule has 0 unspecified atom stereocenters. The molecule has 0 aliphatic carbocycles. The molecule has 0 radical (unpaired) electrons. The zero-order chi connectivity index (χ0) is 41.8. The van der Waals surface area contributed by atoms with E-state index in [0.717, 1.165) is 6.92 Å². The number of carbonyl (C=O) groups is 7. The Morgan fingerprint density at radius 3 is 1.72 bits per heavy atom. The third kappa shape index (κ3) is 12.6. The maximum atomic E-state index is 14.3. The molecule has 2 aliphatic heterocycles. The van der Waals surface area contributed by atoms with E-state index in [9.17, 15) is 38.7 Å². The first-order valence-electron chi connectivity index (χ1n) is 18.3. The molecule has 5 amide bonds. The number of amides is 5. The molecule has 302 valence electrons. The van der Waals surface area contributed by atoms with Crippen molar-refractivity contribution in [2.75, 3.05) is 5.32 Å². The standard InChI is InChI=1S/C42H41Cl2N5O9/c1-24(50)58-36-23-37(51)46-32(18-25-8-4-2-5-9-25)38(52)48-34(21-28-14-15-29(43)22-31(28)44)40(54)47-33(19-26-10-6-3-7-11-26)39(53)49-35(42(56)57)20-27-12-16-30(17-13-27)45-41(36)55/h2-17,22,32-36H,18-21,23H2,1H3,(H,45,55)(H,46,51)(H,47,54)(H,48,52)(H,49,53)(H,56,57)/t32-,33-,34+,35-,36-/m1/s1. The number of halogens is 2. The van der Waals surface area contributed by atoms with Crippen molar-refractivity contribution in [3.63, 3.8) is 0 Å². The molecule has 5 atom stereocenters. The Morgan fingerprint density at radius 2 is 1.19 bits per heavy atom. The Labute approximate surface area is 344 Å². The van der Waals surface area contributed by atoms with E-state index < -0.39 is 78.2 Å². The molecule has 0 aromatic heterocycles. The second kappa shape index (κ2) is 20.3. The quantitative estimate of drug-likeness (QED) is 0.113. The minimum atomic E-state index is -1.61. The topological polar surface area (TPSA) is 209 Å². The number of carboxylic acid groups (broad SMARTS) is 1. The van der Waals surface area contributed by atoms with E-state index in [4.69, 9.17) is 27.9 Å². The third-order valence-corrected chi connectivity index (χ3v) is 9.76. The highest BCUT2D eigenvalue weighted by Gasteiger charge is 2.34. The first kappa shape index (κ1) is 42.9. The number of benzene rings is 4. The van der Waals surface area contributed by atoms with Gasteiger partial charge in [0.1, 0.15) is 24.2 Å². The van der Waals surface area contributed by atoms with E-state index in [1.165, 1.54) is 30.3 Å². The van der Waals surface area contributed by atoms with Gasteiger partial charge in [0.25, 0.3) is 5.91 Å². The van der Waals surface area contributed by atoms with Crippen molar-refractivity contribution < 1.29 is 43.4 Å². The summed E-state index contributed by atoms with van der Waals surface area (Å²) in [5.74, 6) is -6.28. The summed E-state index contributed by atoms with van der Waals surface area (Å²) >= 11 is 12.6. The summed E-state index contributed by atoms with van der Waals surface area (Å²) in [5, 5.41) is 23.8. The Balaban J connectivity index is 1.56. The summed E-state index contributed by atoms with van der Waals surface area (Å²) in [6.07, 6.45) is -2.74. The fourth-order valence-corrected chi connectivity index (χ4v) is 6.73. The fourth-order valence-electron chi connectivity index (χ4n) is 6.24. The van der Waals surface area contributed by atoms with Crippen molar-refractivity contribution >= 4 is 70.4 Å². The predicted octanol–water partition coefficient (Wildman–Crippen LogP) is 3.56. The van der Waals surface area contributed by atoms with Gasteiger partial charge in [-0.3, -0.25) is 28.8 Å². The molecule has 58 heavy (non-hydrogen) atoms. The van der Waals surface area contributed by atoms with Crippen molar-refractivity contribution in [2.45, 2.75) is 69.3 Å². The first-order valence-corrected chi connectivity index (χ1v) is 19.0. The van der Waals surface area contributed by atoms with Crippen LogP contribution in [-0.2, 0) is 64.0 Å². The van der Waals surface area contributed by atoms with Gasteiger partial charge in [0.15, 0.2) is 6.10 Å². The van der Waals surface area contributed by atoms with Crippen LogP contribution in [0, 0.1) is 0 Å². The minimum Gasteiger partial charge on any atom is -0.480 e. The average molecular weight is 831 g/mol. The number of fused-ring (bicyclic) bond motifs is 18. The molecule has 4 aromatic carbocycles. The molecule has 6 N–H and O–H groups in total. The average Bonchev–Trinajstić information content (AvgIpc) is 3.18. The highest BCUT2D eigenvalue weighted by Crippen LogP contribution is 2.23. The van der Waals surface area contributed by atoms with E-state index in [2.05, 4.69) is 26.6 Å². The lowest BCUT2D eigenvalue weighted by Crippen LogP contribution is -2.59. The van der Waals surface area contributed by atoms with Crippen molar-refractivity contribution in [2.24, 2.45) is 0 Å². The molecular weight excluding hydrogens is 789 g/mol. The summed E-state index contributed by atoms with van der Waals surface area (Å²) in [5.41, 5.74) is 2.42. The second-order valence-corrected chi connectivity index (χ2v) is 14.5. The lowest BCUT2D eigenvalue weighted by atomic mass is 10.00. The molecule has 0 spiro atoms. The van der Waals surface area contributed by atoms with E-state index in [1.807, 2.05) is 0 Å². The minimum absolute atomic E-state index is 0.0439. The van der Waals surface area contributed by atoms with Gasteiger partial charge in [0.05, 0.1) is 6.42 Å². The van der Waals surface area contributed by atoms with Gasteiger partial charge < -0.3 is 36.4 Å². The van der Waals surface area contributed by atoms with E-state index in [-0.39, 0.29) is 36.4 Å². The van der Waals surface area contributed by atoms with Crippen LogP contribution in [0.5, 0.6) is 0 Å². The maximum absolute atomic E-state index is 14.3. The van der Waals surface area contributed by atoms with Crippen LogP contribution in [0.4, 0.5) is 5.69 Å². The monoisotopic (exact) mass is 829 g/mol. The van der Waals surface area contributed by atoms with Crippen molar-refractivity contribution in [3.8, 4) is 0 Å². The Hall–Kier alpha value is -6.25. The maximum Gasteiger partial charge on any atom is 0.326 e. The van der Waals surface area contributed by atoms with Crippen LogP contribution in [0.3, 0.4) is 0 Å². The third-order valence-electron chi connectivity index (χ3n) is 9.17. The second-order valence-electron chi connectivity index (χ2n) is 13.7. The Morgan fingerprint density at radius 1 is 0.655 bits per heavy atom. The molecule has 4 aromatic rings. The van der Waals surface area contributed by atoms with Gasteiger partial charge in [-0.25, -0.2) is 4.79 Å². The van der Waals surface area contributed by atoms with Gasteiger partial charge in [-0.05, 0) is 46.5 Å². The number of hydrogen-bond acceptors (Lipinski definition) is 8. The molecule has 14 nitrogen and oxygen atoms in total. The van der Waals surface area contributed by atoms with Gasteiger partial charge in [-0.1, -0.05) is 102 Å². The summed E-state index contributed by atoms with van der Waals surface area (Å²) in [6, 6.07) is 22.6. The largest absolute Gasteiger partial charge is 0.480 e. The number of esters is 1. The number of carbonyl (C=O) groups excluding carboxylic acids is 6. The van der Waals surface area contributed by atoms with Crippen molar-refractivity contribution in [1.29, 1.82) is 0 Å². The zero-order valence-corrected chi connectivity index (χ0v) is 32.7. The van der Waals surface area contributed by atoms with E-state index in [0.29, 0.717) is 27.3 Å². The summed E-state index contributed by atoms with van der Waals surface area (Å²) < 4.78 is 5.21. The van der Waals surface area contributed by atoms with Gasteiger partial charge in [0, 0.05) is 48.3 Å². The molecule has 0 fully saturated rings. The molecule has 2 bridgehead atoms. The fraction of sp³-hybridized carbons (Fsp3) is 0.262. The summed E-state index contributed by atoms with van der Waals surface area (Å²) in [4.78, 5) is 94.0. The summed E-state index contributed by atoms with van der Waals surface area (Å²) in [7, 11) is 0. The van der Waals surface area contributed by atoms with Crippen molar-refractivity contribution in [1.82, 2.24) is 21.3 Å². The van der Waals surface area contributed by atoms with Crippen LogP contribution in [-0.4, -0.2) is 76.9 Å². The molecule has 0 saturated carbocycles. The molecule has 16 heteroatoms. The van der Waals surface area contributed by atoms with Crippen LogP contribution < -0.4 is 26.6 Å².